The molecule has 0 spiro atoms. The lowest BCUT2D eigenvalue weighted by molar-refractivity contribution is -0.158. The molecular weight excluding hydrogens is 658 g/mol. The maximum atomic E-state index is 13.6. The predicted molar refractivity (Wildman–Crippen MR) is 193 cm³/mol. The number of aromatic hydroxyl groups is 1. The molecule has 2 bridgehead atoms. The van der Waals surface area contributed by atoms with Crippen molar-refractivity contribution in [3.05, 3.63) is 59.7 Å². The highest BCUT2D eigenvalue weighted by atomic mass is 32.2. The Labute approximate surface area is 298 Å². The van der Waals surface area contributed by atoms with Crippen molar-refractivity contribution in [2.75, 3.05) is 23.5 Å². The van der Waals surface area contributed by atoms with Crippen LogP contribution in [-0.4, -0.2) is 70.6 Å². The number of anilines is 2. The number of aliphatic hydroxyl groups excluding tert-OH is 1. The molecule has 4 aliphatic rings. The summed E-state index contributed by atoms with van der Waals surface area (Å²) in [6.45, 7) is 3.60. The molecule has 11 nitrogen and oxygen atoms in total. The molecule has 0 unspecified atom stereocenters. The molecule has 2 heterocycles. The van der Waals surface area contributed by atoms with Crippen LogP contribution >= 0.6 is 11.8 Å². The van der Waals surface area contributed by atoms with E-state index in [0.29, 0.717) is 41.0 Å². The van der Waals surface area contributed by atoms with Gasteiger partial charge in [-0.1, -0.05) is 68.7 Å². The summed E-state index contributed by atoms with van der Waals surface area (Å²) in [4.78, 5) is 52.6. The summed E-state index contributed by atoms with van der Waals surface area (Å²) in [5.74, 6) is -1.69. The van der Waals surface area contributed by atoms with Crippen molar-refractivity contribution in [2.45, 2.75) is 107 Å². The number of amides is 3. The minimum Gasteiger partial charge on any atom is -0.505 e. The van der Waals surface area contributed by atoms with Gasteiger partial charge in [0.15, 0.2) is 0 Å². The number of hydrogen-bond acceptors (Lipinski definition) is 9. The number of hydrogen-bond donors (Lipinski definition) is 5. The number of carbonyl (C=O) groups is 4. The zero-order valence-corrected chi connectivity index (χ0v) is 29.9. The molecular formula is C38H49N3O8S. The standard InChI is InChI=1S/C38H49N3O8S/c1-23-16-17-27-34(45)28(21-29-35(27)50-22-32(43)40-29)39-31(42)20-26(48-3)14-10-5-4-6-11-15-30(24(2)33(23)44)49-37(47)38(18-19-38)41-36(46)25-12-8-7-9-13-25/h4-6,10-11,14,16,21,24-26,30,33,44-45H,7-9,12-13,15,17-20,22H2,1-3H3,(H,39,42)(H,40,43)(H,41,46)/b5-4+,11-6+,14-10+,23-16-/t24-,26-,30-,33-/m0/s1. The Morgan fingerprint density at radius 3 is 2.46 bits per heavy atom. The number of nitrogens with one attached hydrogen (secondary N) is 3. The zero-order valence-electron chi connectivity index (χ0n) is 29.0. The van der Waals surface area contributed by atoms with Gasteiger partial charge in [0.25, 0.3) is 0 Å². The van der Waals surface area contributed by atoms with Crippen LogP contribution in [0.4, 0.5) is 11.4 Å². The van der Waals surface area contributed by atoms with Gasteiger partial charge in [0.05, 0.1) is 35.8 Å². The van der Waals surface area contributed by atoms with Crippen LogP contribution in [0.25, 0.3) is 0 Å². The Morgan fingerprint density at radius 1 is 1.02 bits per heavy atom. The van der Waals surface area contributed by atoms with E-state index in [2.05, 4.69) is 16.0 Å². The number of methoxy groups -OCH3 is 1. The first-order chi connectivity index (χ1) is 24.0. The van der Waals surface area contributed by atoms with Crippen molar-refractivity contribution in [1.82, 2.24) is 5.32 Å². The van der Waals surface area contributed by atoms with Crippen molar-refractivity contribution in [1.29, 1.82) is 0 Å². The average molecular weight is 708 g/mol. The predicted octanol–water partition coefficient (Wildman–Crippen LogP) is 5.48. The smallest absolute Gasteiger partial charge is 0.332 e. The van der Waals surface area contributed by atoms with E-state index in [4.69, 9.17) is 9.47 Å². The lowest BCUT2D eigenvalue weighted by Crippen LogP contribution is -2.48. The molecule has 2 aliphatic heterocycles. The SMILES string of the molecule is CO[C@H]1/C=C/C=C/C=C/C[C@H](OC(=O)C2(NC(=O)C3CCCCC3)CC2)[C@H](C)[C@@H](O)/C(C)=C\Cc2c(O)c(cc3c2SCC(=O)N3)NC(=O)C1. The van der Waals surface area contributed by atoms with Crippen molar-refractivity contribution < 1.29 is 38.9 Å². The highest BCUT2D eigenvalue weighted by Gasteiger charge is 2.54. The molecule has 1 aromatic rings. The topological polar surface area (TPSA) is 163 Å². The minimum atomic E-state index is -1.02. The molecule has 1 aromatic carbocycles. The number of ether oxygens (including phenoxy) is 2. The first-order valence-electron chi connectivity index (χ1n) is 17.5. The van der Waals surface area contributed by atoms with Crippen LogP contribution in [0, 0.1) is 11.8 Å². The fraction of sp³-hybridized carbons (Fsp3) is 0.526. The lowest BCUT2D eigenvalue weighted by atomic mass is 9.88. The molecule has 3 amide bonds. The van der Waals surface area contributed by atoms with E-state index in [-0.39, 0.29) is 53.7 Å². The number of thioether (sulfide) groups is 1. The summed E-state index contributed by atoms with van der Waals surface area (Å²) in [5, 5.41) is 31.5. The summed E-state index contributed by atoms with van der Waals surface area (Å²) in [7, 11) is 1.50. The highest BCUT2D eigenvalue weighted by Crippen LogP contribution is 2.44. The van der Waals surface area contributed by atoms with E-state index in [9.17, 15) is 29.4 Å². The van der Waals surface area contributed by atoms with E-state index in [1.807, 2.05) is 19.1 Å². The Morgan fingerprint density at radius 2 is 1.74 bits per heavy atom. The van der Waals surface area contributed by atoms with Gasteiger partial charge in [-0.2, -0.15) is 0 Å². The molecule has 2 aliphatic carbocycles. The Bertz CT molecular complexity index is 1570. The van der Waals surface area contributed by atoms with Gasteiger partial charge in [-0.15, -0.1) is 11.8 Å². The summed E-state index contributed by atoms with van der Waals surface area (Å²) in [6, 6.07) is 1.55. The van der Waals surface area contributed by atoms with Crippen LogP contribution in [-0.2, 0) is 35.1 Å². The Balaban J connectivity index is 1.41. The van der Waals surface area contributed by atoms with Gasteiger partial charge in [0.2, 0.25) is 17.7 Å². The van der Waals surface area contributed by atoms with Crippen molar-refractivity contribution in [3.8, 4) is 5.75 Å². The minimum absolute atomic E-state index is 0.0115. The van der Waals surface area contributed by atoms with Crippen LogP contribution in [0.3, 0.4) is 0 Å². The van der Waals surface area contributed by atoms with Gasteiger partial charge in [0.1, 0.15) is 17.4 Å². The zero-order chi connectivity index (χ0) is 35.8. The molecule has 0 saturated heterocycles. The third kappa shape index (κ3) is 9.26. The second-order valence-electron chi connectivity index (χ2n) is 13.7. The first kappa shape index (κ1) is 37.4. The van der Waals surface area contributed by atoms with E-state index in [0.717, 1.165) is 32.1 Å². The molecule has 0 aromatic heterocycles. The second kappa shape index (κ2) is 16.9. The molecule has 2 fully saturated rings. The van der Waals surface area contributed by atoms with E-state index in [1.54, 1.807) is 43.4 Å². The molecule has 50 heavy (non-hydrogen) atoms. The van der Waals surface area contributed by atoms with E-state index >= 15 is 0 Å². The Kier molecular flexibility index (Phi) is 12.6. The van der Waals surface area contributed by atoms with Gasteiger partial charge >= 0.3 is 5.97 Å². The molecule has 12 heteroatoms. The van der Waals surface area contributed by atoms with Crippen LogP contribution in [0.5, 0.6) is 5.75 Å². The molecule has 270 valence electrons. The number of fused-ring (bicyclic) bond motifs is 4. The Hall–Kier alpha value is -3.87. The fourth-order valence-corrected chi connectivity index (χ4v) is 7.60. The molecule has 0 radical (unpaired) electrons. The van der Waals surface area contributed by atoms with Crippen molar-refractivity contribution in [2.24, 2.45) is 11.8 Å². The van der Waals surface area contributed by atoms with Crippen molar-refractivity contribution in [3.63, 3.8) is 0 Å². The van der Waals surface area contributed by atoms with E-state index < -0.39 is 35.7 Å². The van der Waals surface area contributed by atoms with Crippen LogP contribution in [0.2, 0.25) is 0 Å². The third-order valence-corrected chi connectivity index (χ3v) is 11.2. The number of allylic oxidation sites excluding steroid dienone is 5. The summed E-state index contributed by atoms with van der Waals surface area (Å²) in [5.41, 5.74) is 0.711. The number of esters is 1. The number of aliphatic hydroxyl groups is 1. The number of phenols is 1. The molecule has 2 saturated carbocycles. The summed E-state index contributed by atoms with van der Waals surface area (Å²) < 4.78 is 11.6. The average Bonchev–Trinajstić information content (AvgIpc) is 3.89. The van der Waals surface area contributed by atoms with E-state index in [1.165, 1.54) is 18.9 Å². The van der Waals surface area contributed by atoms with Crippen LogP contribution < -0.4 is 16.0 Å². The number of rotatable bonds is 5. The molecule has 5 N–H and O–H groups in total. The largest absolute Gasteiger partial charge is 0.505 e. The fourth-order valence-electron chi connectivity index (χ4n) is 6.63. The first-order valence-corrected chi connectivity index (χ1v) is 18.5. The second-order valence-corrected chi connectivity index (χ2v) is 14.7. The number of benzene rings is 1. The van der Waals surface area contributed by atoms with Crippen molar-refractivity contribution >= 4 is 46.8 Å². The maximum Gasteiger partial charge on any atom is 0.332 e. The van der Waals surface area contributed by atoms with Gasteiger partial charge in [-0.25, -0.2) is 4.79 Å². The van der Waals surface area contributed by atoms with Gasteiger partial charge in [-0.3, -0.25) is 14.4 Å². The van der Waals surface area contributed by atoms with Gasteiger partial charge < -0.3 is 35.6 Å². The van der Waals surface area contributed by atoms with Crippen LogP contribution in [0.1, 0.15) is 77.2 Å². The van der Waals surface area contributed by atoms with Gasteiger partial charge in [0, 0.05) is 35.8 Å². The monoisotopic (exact) mass is 707 g/mol. The molecule has 4 atom stereocenters. The quantitative estimate of drug-likeness (QED) is 0.115. The number of phenolic OH excluding ortho intramolecular Hbond substituents is 1. The van der Waals surface area contributed by atoms with Gasteiger partial charge in [-0.05, 0) is 50.7 Å². The highest BCUT2D eigenvalue weighted by molar-refractivity contribution is 8.00. The number of carbonyl (C=O) groups excluding carboxylic acids is 4. The third-order valence-electron chi connectivity index (χ3n) is 10.0. The molecule has 5 rings (SSSR count). The maximum absolute atomic E-state index is 13.6. The summed E-state index contributed by atoms with van der Waals surface area (Å²) >= 11 is 1.29. The lowest BCUT2D eigenvalue weighted by Gasteiger charge is -2.30. The van der Waals surface area contributed by atoms with Crippen LogP contribution in [0.15, 0.2) is 59.1 Å². The normalized spacial score (nSPS) is 29.1. The summed E-state index contributed by atoms with van der Waals surface area (Å²) in [6.07, 6.45) is 16.7.